The van der Waals surface area contributed by atoms with E-state index in [4.69, 9.17) is 0 Å². The van der Waals surface area contributed by atoms with E-state index >= 15 is 0 Å². The maximum absolute atomic E-state index is 13.1. The Morgan fingerprint density at radius 2 is 1.69 bits per heavy atom. The van der Waals surface area contributed by atoms with Crippen LogP contribution in [0.15, 0.2) is 30.3 Å². The first kappa shape index (κ1) is 20.3. The van der Waals surface area contributed by atoms with Crippen LogP contribution >= 0.6 is 7.80 Å². The lowest BCUT2D eigenvalue weighted by molar-refractivity contribution is -0.0984. The topological polar surface area (TPSA) is 37.3 Å². The third kappa shape index (κ3) is 3.57. The van der Waals surface area contributed by atoms with Gasteiger partial charge in [-0.1, -0.05) is 37.3 Å². The first-order chi connectivity index (χ1) is 13.9. The molecule has 5 rings (SSSR count). The molecule has 0 bridgehead atoms. The minimum absolute atomic E-state index is 0.406. The molecular weight excluding hydrogens is 375 g/mol. The van der Waals surface area contributed by atoms with Gasteiger partial charge in [-0.25, -0.2) is 0 Å². The zero-order valence-corrected chi connectivity index (χ0v) is 19.3. The van der Waals surface area contributed by atoms with E-state index in [1.807, 2.05) is 18.2 Å². The SMILES string of the molecule is C[C@@]1(O)CC[C@H]2[C@H](CC[C@@H]3[C@@H]2CC[C@]2(C)[C@@H](C[PH](=O)c4ccccc4)CC[C@@H]32)C1. The number of hydrogen-bond donors (Lipinski definition) is 1. The molecule has 160 valence electrons. The van der Waals surface area contributed by atoms with Gasteiger partial charge in [-0.3, -0.25) is 0 Å². The second-order valence-corrected chi connectivity index (χ2v) is 13.3. The summed E-state index contributed by atoms with van der Waals surface area (Å²) in [6, 6.07) is 10.2. The van der Waals surface area contributed by atoms with Crippen molar-refractivity contribution in [1.82, 2.24) is 0 Å². The molecule has 3 heteroatoms. The van der Waals surface area contributed by atoms with Crippen LogP contribution < -0.4 is 5.30 Å². The van der Waals surface area contributed by atoms with Crippen molar-refractivity contribution in [3.8, 4) is 0 Å². The molecule has 0 radical (unpaired) electrons. The maximum atomic E-state index is 13.1. The van der Waals surface area contributed by atoms with E-state index in [1.165, 1.54) is 44.9 Å². The van der Waals surface area contributed by atoms with Gasteiger partial charge in [0.1, 0.15) is 7.80 Å². The molecule has 4 aliphatic rings. The van der Waals surface area contributed by atoms with Crippen molar-refractivity contribution >= 4 is 13.1 Å². The predicted octanol–water partition coefficient (Wildman–Crippen LogP) is 5.89. The molecule has 4 aliphatic carbocycles. The quantitative estimate of drug-likeness (QED) is 0.626. The second kappa shape index (κ2) is 7.52. The molecule has 1 aromatic carbocycles. The molecule has 1 N–H and O–H groups in total. The van der Waals surface area contributed by atoms with E-state index in [0.29, 0.717) is 11.3 Å². The van der Waals surface area contributed by atoms with Crippen molar-refractivity contribution in [2.45, 2.75) is 77.2 Å². The third-order valence-corrected chi connectivity index (χ3v) is 11.8. The molecule has 0 spiro atoms. The van der Waals surface area contributed by atoms with Crippen molar-refractivity contribution in [1.29, 1.82) is 0 Å². The Labute approximate surface area is 177 Å². The number of aliphatic hydroxyl groups is 1. The Kier molecular flexibility index (Phi) is 5.27. The lowest BCUT2D eigenvalue weighted by Gasteiger charge is -2.57. The molecule has 4 saturated carbocycles. The van der Waals surface area contributed by atoms with Gasteiger partial charge in [0, 0.05) is 11.5 Å². The van der Waals surface area contributed by atoms with Gasteiger partial charge in [0.05, 0.1) is 5.60 Å². The summed E-state index contributed by atoms with van der Waals surface area (Å²) in [6.07, 6.45) is 12.3. The summed E-state index contributed by atoms with van der Waals surface area (Å²) < 4.78 is 13.1. The first-order valence-electron chi connectivity index (χ1n) is 12.2. The van der Waals surface area contributed by atoms with Gasteiger partial charge in [-0.15, -0.1) is 0 Å². The highest BCUT2D eigenvalue weighted by atomic mass is 31.1. The molecule has 1 unspecified atom stereocenters. The molecule has 0 heterocycles. The lowest BCUT2D eigenvalue weighted by Crippen LogP contribution is -2.50. The number of rotatable bonds is 3. The Hall–Kier alpha value is -0.590. The number of fused-ring (bicyclic) bond motifs is 5. The lowest BCUT2D eigenvalue weighted by atomic mass is 9.49. The second-order valence-electron chi connectivity index (χ2n) is 11.5. The highest BCUT2D eigenvalue weighted by molar-refractivity contribution is 7.53. The Morgan fingerprint density at radius 3 is 2.48 bits per heavy atom. The van der Waals surface area contributed by atoms with Crippen LogP contribution in [-0.4, -0.2) is 16.9 Å². The van der Waals surface area contributed by atoms with Gasteiger partial charge in [0.2, 0.25) is 0 Å². The molecule has 9 atom stereocenters. The third-order valence-electron chi connectivity index (χ3n) is 9.96. The fourth-order valence-corrected chi connectivity index (χ4v) is 10.4. The zero-order chi connectivity index (χ0) is 20.2. The standard InChI is InChI=1S/C26H39O2P/c1-25(27)14-12-21-18(16-25)8-10-23-22(21)13-15-26(2)19(9-11-24(23)26)17-29(28)20-6-4-3-5-7-20/h3-7,18-19,21-24,27,29H,8-17H2,1-2H3/t18-,19-,21+,22-,23-,24+,25-,26-/m1/s1. The van der Waals surface area contributed by atoms with E-state index in [0.717, 1.165) is 53.9 Å². The summed E-state index contributed by atoms with van der Waals surface area (Å²) in [4.78, 5) is 0. The fourth-order valence-electron chi connectivity index (χ4n) is 8.49. The zero-order valence-electron chi connectivity index (χ0n) is 18.3. The van der Waals surface area contributed by atoms with Crippen LogP contribution in [-0.2, 0) is 4.57 Å². The summed E-state index contributed by atoms with van der Waals surface area (Å²) >= 11 is 0. The van der Waals surface area contributed by atoms with Gasteiger partial charge in [0.25, 0.3) is 0 Å². The van der Waals surface area contributed by atoms with E-state index < -0.39 is 13.4 Å². The van der Waals surface area contributed by atoms with Crippen molar-refractivity contribution in [3.05, 3.63) is 30.3 Å². The summed E-state index contributed by atoms with van der Waals surface area (Å²) in [5.74, 6) is 4.90. The normalized spacial score (nSPS) is 47.7. The van der Waals surface area contributed by atoms with Crippen molar-refractivity contribution < 1.29 is 9.67 Å². The Balaban J connectivity index is 1.30. The largest absolute Gasteiger partial charge is 0.390 e. The summed E-state index contributed by atoms with van der Waals surface area (Å²) in [5, 5.41) is 11.7. The van der Waals surface area contributed by atoms with Gasteiger partial charge in [-0.05, 0) is 106 Å². The van der Waals surface area contributed by atoms with E-state index in [9.17, 15) is 9.67 Å². The summed E-state index contributed by atoms with van der Waals surface area (Å²) in [7, 11) is -1.68. The summed E-state index contributed by atoms with van der Waals surface area (Å²) in [5.41, 5.74) is -0.0110. The number of benzene rings is 1. The average molecular weight is 415 g/mol. The van der Waals surface area contributed by atoms with Crippen LogP contribution in [0.25, 0.3) is 0 Å². The van der Waals surface area contributed by atoms with Crippen LogP contribution in [0.1, 0.15) is 71.6 Å². The number of hydrogen-bond acceptors (Lipinski definition) is 2. The predicted molar refractivity (Wildman–Crippen MR) is 121 cm³/mol. The van der Waals surface area contributed by atoms with Gasteiger partial charge in [0.15, 0.2) is 0 Å². The van der Waals surface area contributed by atoms with E-state index in [2.05, 4.69) is 26.0 Å². The van der Waals surface area contributed by atoms with Gasteiger partial charge < -0.3 is 9.67 Å². The van der Waals surface area contributed by atoms with Crippen molar-refractivity contribution in [3.63, 3.8) is 0 Å². The molecule has 4 fully saturated rings. The van der Waals surface area contributed by atoms with Gasteiger partial charge >= 0.3 is 0 Å². The van der Waals surface area contributed by atoms with Crippen LogP contribution in [0.3, 0.4) is 0 Å². The Morgan fingerprint density at radius 1 is 0.931 bits per heavy atom. The van der Waals surface area contributed by atoms with Crippen LogP contribution in [0.4, 0.5) is 0 Å². The van der Waals surface area contributed by atoms with E-state index in [1.54, 1.807) is 0 Å². The highest BCUT2D eigenvalue weighted by Gasteiger charge is 2.57. The van der Waals surface area contributed by atoms with Crippen LogP contribution in [0.5, 0.6) is 0 Å². The summed E-state index contributed by atoms with van der Waals surface area (Å²) in [6.45, 7) is 4.62. The van der Waals surface area contributed by atoms with Crippen LogP contribution in [0.2, 0.25) is 0 Å². The minimum atomic E-state index is -1.68. The monoisotopic (exact) mass is 414 g/mol. The van der Waals surface area contributed by atoms with E-state index in [-0.39, 0.29) is 0 Å². The molecule has 0 aromatic heterocycles. The first-order valence-corrected chi connectivity index (χ1v) is 13.8. The maximum Gasteiger partial charge on any atom is 0.104 e. The van der Waals surface area contributed by atoms with Crippen molar-refractivity contribution in [2.75, 3.05) is 6.16 Å². The molecule has 0 saturated heterocycles. The molecule has 1 aromatic rings. The average Bonchev–Trinajstić information content (AvgIpc) is 3.04. The smallest absolute Gasteiger partial charge is 0.104 e. The van der Waals surface area contributed by atoms with Gasteiger partial charge in [-0.2, -0.15) is 0 Å². The highest BCUT2D eigenvalue weighted by Crippen LogP contribution is 2.65. The molecule has 2 nitrogen and oxygen atoms in total. The van der Waals surface area contributed by atoms with Crippen LogP contribution in [0, 0.1) is 40.9 Å². The molecular formula is C26H39O2P. The molecule has 0 aliphatic heterocycles. The minimum Gasteiger partial charge on any atom is -0.390 e. The molecule has 0 amide bonds. The molecule has 29 heavy (non-hydrogen) atoms. The fraction of sp³-hybridized carbons (Fsp3) is 0.769. The van der Waals surface area contributed by atoms with Crippen molar-refractivity contribution in [2.24, 2.45) is 40.9 Å². The Bertz CT molecular complexity index is 759.